The third-order valence-corrected chi connectivity index (χ3v) is 6.47. The van der Waals surface area contributed by atoms with Crippen LogP contribution in [0.1, 0.15) is 12.0 Å². The fourth-order valence-electron chi connectivity index (χ4n) is 3.35. The molecule has 1 saturated heterocycles. The fourth-order valence-corrected chi connectivity index (χ4v) is 4.57. The Morgan fingerprint density at radius 2 is 1.79 bits per heavy atom. The molecule has 0 aromatic heterocycles. The Bertz CT molecular complexity index is 1170. The molecule has 8 heteroatoms. The third kappa shape index (κ3) is 5.74. The van der Waals surface area contributed by atoms with E-state index in [0.29, 0.717) is 33.9 Å². The molecule has 1 N–H and O–H groups in total. The summed E-state index contributed by atoms with van der Waals surface area (Å²) in [5, 5.41) is 3.32. The largest absolute Gasteiger partial charge is 0.495 e. The van der Waals surface area contributed by atoms with E-state index in [0.717, 1.165) is 5.56 Å². The highest BCUT2D eigenvalue weighted by Gasteiger charge is 2.36. The maximum atomic E-state index is 13.1. The number of thioether (sulfide) groups is 1. The number of para-hydroxylation sites is 2. The lowest BCUT2D eigenvalue weighted by Gasteiger charge is -2.32. The number of aliphatic imine (C=N–C) groups is 1. The molecule has 6 nitrogen and oxygen atoms in total. The van der Waals surface area contributed by atoms with Crippen LogP contribution >= 0.6 is 23.4 Å². The number of nitrogens with zero attached hydrogens (tertiary/aromatic N) is 2. The van der Waals surface area contributed by atoms with Crippen LogP contribution in [0.4, 0.5) is 11.4 Å². The monoisotopic (exact) mass is 479 g/mol. The summed E-state index contributed by atoms with van der Waals surface area (Å²) in [7, 11) is 1.54. The van der Waals surface area contributed by atoms with Gasteiger partial charge in [0.1, 0.15) is 11.0 Å². The molecule has 1 atom stereocenters. The average molecular weight is 480 g/mol. The summed E-state index contributed by atoms with van der Waals surface area (Å²) in [6.45, 7) is 0.375. The maximum absolute atomic E-state index is 13.1. The lowest BCUT2D eigenvalue weighted by molar-refractivity contribution is -0.129. The smallest absolute Gasteiger partial charge is 0.238 e. The van der Waals surface area contributed by atoms with Crippen molar-refractivity contribution in [1.29, 1.82) is 0 Å². The summed E-state index contributed by atoms with van der Waals surface area (Å²) in [5.74, 6) is 0.116. The zero-order chi connectivity index (χ0) is 23.2. The van der Waals surface area contributed by atoms with Crippen molar-refractivity contribution in [2.24, 2.45) is 4.99 Å². The van der Waals surface area contributed by atoms with E-state index in [9.17, 15) is 9.59 Å². The van der Waals surface area contributed by atoms with Crippen molar-refractivity contribution in [3.05, 3.63) is 89.4 Å². The molecule has 0 radical (unpaired) electrons. The van der Waals surface area contributed by atoms with Crippen molar-refractivity contribution in [1.82, 2.24) is 4.90 Å². The first-order valence-corrected chi connectivity index (χ1v) is 11.6. The van der Waals surface area contributed by atoms with Crippen molar-refractivity contribution in [2.75, 3.05) is 12.4 Å². The van der Waals surface area contributed by atoms with E-state index in [1.54, 1.807) is 48.4 Å². The van der Waals surface area contributed by atoms with Gasteiger partial charge in [-0.1, -0.05) is 65.8 Å². The van der Waals surface area contributed by atoms with E-state index in [4.69, 9.17) is 16.3 Å². The Morgan fingerprint density at radius 3 is 2.52 bits per heavy atom. The summed E-state index contributed by atoms with van der Waals surface area (Å²) in [6, 6.07) is 23.9. The van der Waals surface area contributed by atoms with Crippen molar-refractivity contribution in [2.45, 2.75) is 18.2 Å². The second kappa shape index (κ2) is 10.6. The van der Waals surface area contributed by atoms with Crippen LogP contribution in [0.5, 0.6) is 5.75 Å². The number of amidine groups is 1. The van der Waals surface area contributed by atoms with Gasteiger partial charge in [0.05, 0.1) is 25.0 Å². The first-order valence-electron chi connectivity index (χ1n) is 10.3. The number of methoxy groups -OCH3 is 1. The average Bonchev–Trinajstić information content (AvgIpc) is 2.83. The summed E-state index contributed by atoms with van der Waals surface area (Å²) >= 11 is 7.27. The lowest BCUT2D eigenvalue weighted by Crippen LogP contribution is -2.44. The standard InChI is InChI=1S/C25H22ClN3O3S/c1-32-21-10-6-5-9-20(21)28-24(31)22-15-23(30)29(16-17-7-3-2-4-8-17)25(33-22)27-19-13-11-18(26)12-14-19/h2-14,22H,15-16H2,1H3,(H,28,31). The molecule has 33 heavy (non-hydrogen) atoms. The van der Waals surface area contributed by atoms with E-state index < -0.39 is 5.25 Å². The number of carbonyl (C=O) groups is 2. The van der Waals surface area contributed by atoms with Gasteiger partial charge in [-0.05, 0) is 42.0 Å². The number of anilines is 1. The molecule has 1 fully saturated rings. The van der Waals surface area contributed by atoms with Gasteiger partial charge in [-0.15, -0.1) is 0 Å². The number of carbonyl (C=O) groups excluding carboxylic acids is 2. The molecule has 2 amide bonds. The van der Waals surface area contributed by atoms with Crippen molar-refractivity contribution >= 4 is 51.7 Å². The first kappa shape index (κ1) is 22.9. The second-order valence-electron chi connectivity index (χ2n) is 7.34. The summed E-state index contributed by atoms with van der Waals surface area (Å²) in [4.78, 5) is 32.5. The van der Waals surface area contributed by atoms with E-state index in [-0.39, 0.29) is 18.2 Å². The number of amides is 2. The first-order chi connectivity index (χ1) is 16.0. The van der Waals surface area contributed by atoms with Crippen molar-refractivity contribution < 1.29 is 14.3 Å². The molecule has 0 spiro atoms. The van der Waals surface area contributed by atoms with Crippen LogP contribution < -0.4 is 10.1 Å². The topological polar surface area (TPSA) is 71.0 Å². The Morgan fingerprint density at radius 1 is 1.09 bits per heavy atom. The molecule has 3 aromatic rings. The minimum Gasteiger partial charge on any atom is -0.495 e. The van der Waals surface area contributed by atoms with Gasteiger partial charge in [-0.3, -0.25) is 14.5 Å². The van der Waals surface area contributed by atoms with Crippen LogP contribution in [0.15, 0.2) is 83.9 Å². The van der Waals surface area contributed by atoms with Gasteiger partial charge in [0.2, 0.25) is 11.8 Å². The van der Waals surface area contributed by atoms with E-state index >= 15 is 0 Å². The van der Waals surface area contributed by atoms with Gasteiger partial charge in [0.25, 0.3) is 0 Å². The number of hydrogen-bond acceptors (Lipinski definition) is 5. The predicted octanol–water partition coefficient (Wildman–Crippen LogP) is 5.51. The van der Waals surface area contributed by atoms with E-state index in [1.165, 1.54) is 11.8 Å². The van der Waals surface area contributed by atoms with Crippen molar-refractivity contribution in [3.8, 4) is 5.75 Å². The molecule has 0 aliphatic carbocycles. The zero-order valence-electron chi connectivity index (χ0n) is 17.9. The Hall–Kier alpha value is -3.29. The molecular formula is C25H22ClN3O3S. The molecule has 168 valence electrons. The maximum Gasteiger partial charge on any atom is 0.238 e. The molecule has 0 bridgehead atoms. The van der Waals surface area contributed by atoms with Gasteiger partial charge in [-0.2, -0.15) is 0 Å². The van der Waals surface area contributed by atoms with Crippen LogP contribution in [0.25, 0.3) is 0 Å². The molecule has 1 aliphatic heterocycles. The number of benzene rings is 3. The molecule has 1 aliphatic rings. The third-order valence-electron chi connectivity index (χ3n) is 5.03. The number of halogens is 1. The number of hydrogen-bond donors (Lipinski definition) is 1. The highest BCUT2D eigenvalue weighted by molar-refractivity contribution is 8.15. The quantitative estimate of drug-likeness (QED) is 0.506. The highest BCUT2D eigenvalue weighted by atomic mass is 35.5. The van der Waals surface area contributed by atoms with E-state index in [1.807, 2.05) is 42.5 Å². The highest BCUT2D eigenvalue weighted by Crippen LogP contribution is 2.32. The molecule has 4 rings (SSSR count). The second-order valence-corrected chi connectivity index (χ2v) is 8.94. The van der Waals surface area contributed by atoms with Crippen LogP contribution in [0, 0.1) is 0 Å². The Labute approximate surface area is 201 Å². The van der Waals surface area contributed by atoms with Gasteiger partial charge in [-0.25, -0.2) is 4.99 Å². The Kier molecular flexibility index (Phi) is 7.32. The number of nitrogens with one attached hydrogen (secondary N) is 1. The van der Waals surface area contributed by atoms with Gasteiger partial charge in [0.15, 0.2) is 5.17 Å². The summed E-state index contributed by atoms with van der Waals surface area (Å²) < 4.78 is 5.32. The van der Waals surface area contributed by atoms with Gasteiger partial charge >= 0.3 is 0 Å². The van der Waals surface area contributed by atoms with Crippen LogP contribution in [-0.2, 0) is 16.1 Å². The van der Waals surface area contributed by atoms with E-state index in [2.05, 4.69) is 10.3 Å². The Balaban J connectivity index is 1.60. The number of rotatable bonds is 6. The lowest BCUT2D eigenvalue weighted by atomic mass is 10.2. The van der Waals surface area contributed by atoms with Crippen molar-refractivity contribution in [3.63, 3.8) is 0 Å². The molecule has 3 aromatic carbocycles. The SMILES string of the molecule is COc1ccccc1NC(=O)C1CC(=O)N(Cc2ccccc2)C(=Nc2ccc(Cl)cc2)S1. The van der Waals surface area contributed by atoms with Crippen LogP contribution in [0.2, 0.25) is 5.02 Å². The van der Waals surface area contributed by atoms with Gasteiger partial charge in [0, 0.05) is 11.4 Å². The molecular weight excluding hydrogens is 458 g/mol. The molecule has 1 heterocycles. The van der Waals surface area contributed by atoms with Crippen LogP contribution in [-0.4, -0.2) is 34.2 Å². The van der Waals surface area contributed by atoms with Gasteiger partial charge < -0.3 is 10.1 Å². The number of ether oxygens (including phenoxy) is 1. The fraction of sp³-hybridized carbons (Fsp3) is 0.160. The summed E-state index contributed by atoms with van der Waals surface area (Å²) in [5.41, 5.74) is 2.19. The normalized spacial score (nSPS) is 17.2. The minimum atomic E-state index is -0.625. The predicted molar refractivity (Wildman–Crippen MR) is 133 cm³/mol. The molecule has 0 saturated carbocycles. The minimum absolute atomic E-state index is 0.0676. The zero-order valence-corrected chi connectivity index (χ0v) is 19.5. The van der Waals surface area contributed by atoms with Crippen LogP contribution in [0.3, 0.4) is 0 Å². The molecule has 1 unspecified atom stereocenters. The summed E-state index contributed by atoms with van der Waals surface area (Å²) in [6.07, 6.45) is 0.0676.